The van der Waals surface area contributed by atoms with E-state index in [1.54, 1.807) is 7.11 Å². The van der Waals surface area contributed by atoms with Gasteiger partial charge in [-0.3, -0.25) is 0 Å². The number of benzene rings is 1. The Labute approximate surface area is 157 Å². The van der Waals surface area contributed by atoms with Crippen molar-refractivity contribution in [1.29, 1.82) is 0 Å². The van der Waals surface area contributed by atoms with E-state index in [0.717, 1.165) is 44.2 Å². The topological polar surface area (TPSA) is 9.23 Å². The molecule has 26 heavy (non-hydrogen) atoms. The van der Waals surface area contributed by atoms with E-state index < -0.39 is 17.5 Å². The van der Waals surface area contributed by atoms with Gasteiger partial charge in [0.25, 0.3) is 0 Å². The summed E-state index contributed by atoms with van der Waals surface area (Å²) in [6.07, 6.45) is 10.3. The fourth-order valence-corrected chi connectivity index (χ4v) is 4.02. The second-order valence-electron chi connectivity index (χ2n) is 7.31. The number of hydrogen-bond donors (Lipinski definition) is 0. The summed E-state index contributed by atoms with van der Waals surface area (Å²) in [4.78, 5) is 0. The van der Waals surface area contributed by atoms with Gasteiger partial charge in [0.15, 0.2) is 17.5 Å². The highest BCUT2D eigenvalue weighted by molar-refractivity contribution is 5.20. The predicted molar refractivity (Wildman–Crippen MR) is 102 cm³/mol. The number of methoxy groups -OCH3 is 1. The SMILES string of the molecule is CCCCCCCCC(Cc1cc(F)c(F)c(F)c1)C(CC)(CC)OC. The fourth-order valence-electron chi connectivity index (χ4n) is 4.02. The lowest BCUT2D eigenvalue weighted by Gasteiger charge is -2.39. The van der Waals surface area contributed by atoms with Crippen LogP contribution in [-0.4, -0.2) is 12.7 Å². The molecule has 0 saturated heterocycles. The molecule has 0 aliphatic carbocycles. The second kappa shape index (κ2) is 11.6. The molecule has 1 aromatic rings. The van der Waals surface area contributed by atoms with Crippen LogP contribution in [0.15, 0.2) is 12.1 Å². The molecule has 0 N–H and O–H groups in total. The van der Waals surface area contributed by atoms with E-state index in [0.29, 0.717) is 12.0 Å². The molecule has 0 aliphatic heterocycles. The summed E-state index contributed by atoms with van der Waals surface area (Å²) in [5.74, 6) is -3.48. The van der Waals surface area contributed by atoms with E-state index in [1.165, 1.54) is 25.7 Å². The van der Waals surface area contributed by atoms with Gasteiger partial charge in [-0.2, -0.15) is 0 Å². The van der Waals surface area contributed by atoms with Crippen molar-refractivity contribution in [3.63, 3.8) is 0 Å². The van der Waals surface area contributed by atoms with E-state index in [4.69, 9.17) is 4.74 Å². The van der Waals surface area contributed by atoms with Crippen molar-refractivity contribution < 1.29 is 17.9 Å². The maximum atomic E-state index is 13.6. The van der Waals surface area contributed by atoms with Crippen molar-refractivity contribution in [2.24, 2.45) is 5.92 Å². The summed E-state index contributed by atoms with van der Waals surface area (Å²) < 4.78 is 46.4. The first-order valence-electron chi connectivity index (χ1n) is 10.1. The Hall–Kier alpha value is -1.03. The molecule has 150 valence electrons. The number of halogens is 3. The molecule has 1 atom stereocenters. The molecule has 0 amide bonds. The van der Waals surface area contributed by atoms with Crippen molar-refractivity contribution in [3.05, 3.63) is 35.1 Å². The van der Waals surface area contributed by atoms with Crippen molar-refractivity contribution >= 4 is 0 Å². The maximum Gasteiger partial charge on any atom is 0.194 e. The van der Waals surface area contributed by atoms with Crippen molar-refractivity contribution in [2.45, 2.75) is 90.6 Å². The Bertz CT molecular complexity index is 495. The van der Waals surface area contributed by atoms with Gasteiger partial charge in [-0.1, -0.05) is 59.3 Å². The summed E-state index contributed by atoms with van der Waals surface area (Å²) in [6.45, 7) is 6.38. The van der Waals surface area contributed by atoms with Crippen LogP contribution >= 0.6 is 0 Å². The van der Waals surface area contributed by atoms with Gasteiger partial charge in [-0.15, -0.1) is 0 Å². The number of ether oxygens (including phenoxy) is 1. The molecule has 4 heteroatoms. The number of hydrogen-bond acceptors (Lipinski definition) is 1. The fraction of sp³-hybridized carbons (Fsp3) is 0.727. The van der Waals surface area contributed by atoms with Crippen molar-refractivity contribution in [1.82, 2.24) is 0 Å². The van der Waals surface area contributed by atoms with Crippen LogP contribution in [0.5, 0.6) is 0 Å². The smallest absolute Gasteiger partial charge is 0.194 e. The van der Waals surface area contributed by atoms with Gasteiger partial charge in [0.2, 0.25) is 0 Å². The van der Waals surface area contributed by atoms with Crippen LogP contribution in [0.4, 0.5) is 13.2 Å². The lowest BCUT2D eigenvalue weighted by molar-refractivity contribution is -0.0680. The molecule has 0 spiro atoms. The molecule has 1 nitrogen and oxygen atoms in total. The van der Waals surface area contributed by atoms with Gasteiger partial charge < -0.3 is 4.74 Å². The van der Waals surface area contributed by atoms with Crippen LogP contribution in [-0.2, 0) is 11.2 Å². The molecule has 0 saturated carbocycles. The summed E-state index contributed by atoms with van der Waals surface area (Å²) in [5, 5.41) is 0. The quantitative estimate of drug-likeness (QED) is 0.262. The molecule has 0 radical (unpaired) electrons. The van der Waals surface area contributed by atoms with Crippen LogP contribution < -0.4 is 0 Å². The van der Waals surface area contributed by atoms with E-state index in [2.05, 4.69) is 20.8 Å². The molecule has 0 fully saturated rings. The molecular formula is C22H35F3O. The highest BCUT2D eigenvalue weighted by Gasteiger charge is 2.35. The monoisotopic (exact) mass is 372 g/mol. The average Bonchev–Trinajstić information content (AvgIpc) is 2.64. The van der Waals surface area contributed by atoms with Crippen LogP contribution in [0.25, 0.3) is 0 Å². The van der Waals surface area contributed by atoms with E-state index >= 15 is 0 Å². The van der Waals surface area contributed by atoms with Crippen molar-refractivity contribution in [2.75, 3.05) is 7.11 Å². The lowest BCUT2D eigenvalue weighted by Crippen LogP contribution is -2.40. The third-order valence-electron chi connectivity index (χ3n) is 5.78. The Morgan fingerprint density at radius 2 is 1.42 bits per heavy atom. The largest absolute Gasteiger partial charge is 0.378 e. The molecule has 1 unspecified atom stereocenters. The van der Waals surface area contributed by atoms with E-state index in [-0.39, 0.29) is 11.5 Å². The maximum absolute atomic E-state index is 13.6. The highest BCUT2D eigenvalue weighted by Crippen LogP contribution is 2.36. The first-order chi connectivity index (χ1) is 12.4. The Morgan fingerprint density at radius 1 is 0.885 bits per heavy atom. The summed E-state index contributed by atoms with van der Waals surface area (Å²) in [7, 11) is 1.72. The Balaban J connectivity index is 2.87. The molecule has 0 heterocycles. The molecule has 0 aromatic heterocycles. The standard InChI is InChI=1S/C22H35F3O/c1-5-8-9-10-11-12-13-18(22(6-2,7-3)26-4)14-17-15-19(23)21(25)20(24)16-17/h15-16,18H,5-14H2,1-4H3. The molecule has 1 aromatic carbocycles. The predicted octanol–water partition coefficient (Wildman–Crippen LogP) is 7.22. The third kappa shape index (κ3) is 6.29. The molecule has 0 aliphatic rings. The minimum atomic E-state index is -1.40. The van der Waals surface area contributed by atoms with E-state index in [1.807, 2.05) is 0 Å². The molecule has 1 rings (SSSR count). The van der Waals surface area contributed by atoms with Crippen molar-refractivity contribution in [3.8, 4) is 0 Å². The zero-order valence-corrected chi connectivity index (χ0v) is 16.8. The Morgan fingerprint density at radius 3 is 1.92 bits per heavy atom. The van der Waals surface area contributed by atoms with Crippen LogP contribution in [0.2, 0.25) is 0 Å². The van der Waals surface area contributed by atoms with Crippen LogP contribution in [0, 0.1) is 23.4 Å². The van der Waals surface area contributed by atoms with E-state index in [9.17, 15) is 13.2 Å². The average molecular weight is 373 g/mol. The minimum Gasteiger partial charge on any atom is -0.378 e. The minimum absolute atomic E-state index is 0.151. The first kappa shape index (κ1) is 23.0. The van der Waals surface area contributed by atoms with Crippen LogP contribution in [0.1, 0.15) is 84.1 Å². The summed E-state index contributed by atoms with van der Waals surface area (Å²) in [6, 6.07) is 2.25. The summed E-state index contributed by atoms with van der Waals surface area (Å²) >= 11 is 0. The van der Waals surface area contributed by atoms with Crippen LogP contribution in [0.3, 0.4) is 0 Å². The third-order valence-corrected chi connectivity index (χ3v) is 5.78. The normalized spacial score (nSPS) is 13.2. The highest BCUT2D eigenvalue weighted by atomic mass is 19.2. The van der Waals surface area contributed by atoms with Gasteiger partial charge in [-0.25, -0.2) is 13.2 Å². The summed E-state index contributed by atoms with van der Waals surface area (Å²) in [5.41, 5.74) is 0.186. The van der Waals surface area contributed by atoms with Gasteiger partial charge in [0.1, 0.15) is 0 Å². The first-order valence-corrected chi connectivity index (χ1v) is 10.1. The molecular weight excluding hydrogens is 337 g/mol. The lowest BCUT2D eigenvalue weighted by atomic mass is 9.76. The number of unbranched alkanes of at least 4 members (excludes halogenated alkanes) is 5. The van der Waals surface area contributed by atoms with Gasteiger partial charge >= 0.3 is 0 Å². The number of rotatable bonds is 13. The van der Waals surface area contributed by atoms with Gasteiger partial charge in [-0.05, 0) is 49.3 Å². The second-order valence-corrected chi connectivity index (χ2v) is 7.31. The van der Waals surface area contributed by atoms with Gasteiger partial charge in [0.05, 0.1) is 5.60 Å². The zero-order valence-electron chi connectivity index (χ0n) is 16.8. The molecule has 0 bridgehead atoms. The van der Waals surface area contributed by atoms with Gasteiger partial charge in [0, 0.05) is 7.11 Å². The Kier molecular flexibility index (Phi) is 10.3. The zero-order chi connectivity index (χ0) is 19.6.